The van der Waals surface area contributed by atoms with Gasteiger partial charge in [0.2, 0.25) is 15.9 Å². The molecule has 168 valence electrons. The van der Waals surface area contributed by atoms with E-state index in [0.29, 0.717) is 37.4 Å². The van der Waals surface area contributed by atoms with Crippen LogP contribution in [0.15, 0.2) is 23.1 Å². The van der Waals surface area contributed by atoms with Crippen LogP contribution in [0.25, 0.3) is 0 Å². The van der Waals surface area contributed by atoms with E-state index in [0.717, 1.165) is 32.8 Å². The van der Waals surface area contributed by atoms with E-state index in [1.54, 1.807) is 6.07 Å². The Balaban J connectivity index is 1.59. The monoisotopic (exact) mass is 441 g/mol. The molecule has 1 N–H and O–H groups in total. The Bertz CT molecular complexity index is 826. The highest BCUT2D eigenvalue weighted by Gasteiger charge is 2.33. The molecule has 2 heterocycles. The summed E-state index contributed by atoms with van der Waals surface area (Å²) < 4.78 is 43.4. The summed E-state index contributed by atoms with van der Waals surface area (Å²) in [5.41, 5.74) is 0. The molecular weight excluding hydrogens is 410 g/mol. The van der Waals surface area contributed by atoms with Crippen molar-refractivity contribution in [1.29, 1.82) is 0 Å². The van der Waals surface area contributed by atoms with Crippen molar-refractivity contribution in [2.75, 3.05) is 66.7 Å². The van der Waals surface area contributed by atoms with Crippen molar-refractivity contribution >= 4 is 15.9 Å². The molecule has 0 aromatic heterocycles. The molecule has 2 aliphatic heterocycles. The van der Waals surface area contributed by atoms with Crippen LogP contribution < -0.4 is 14.8 Å². The Morgan fingerprint density at radius 2 is 1.90 bits per heavy atom. The summed E-state index contributed by atoms with van der Waals surface area (Å²) in [5, 5.41) is 2.97. The fourth-order valence-corrected chi connectivity index (χ4v) is 5.35. The van der Waals surface area contributed by atoms with Crippen LogP contribution in [-0.4, -0.2) is 90.2 Å². The van der Waals surface area contributed by atoms with E-state index < -0.39 is 10.0 Å². The van der Waals surface area contributed by atoms with Gasteiger partial charge in [-0.2, -0.15) is 4.31 Å². The van der Waals surface area contributed by atoms with Crippen LogP contribution in [0.2, 0.25) is 0 Å². The van der Waals surface area contributed by atoms with Crippen LogP contribution in [0.4, 0.5) is 0 Å². The summed E-state index contributed by atoms with van der Waals surface area (Å²) in [6.07, 6.45) is 1.33. The van der Waals surface area contributed by atoms with Gasteiger partial charge in [0, 0.05) is 45.3 Å². The summed E-state index contributed by atoms with van der Waals surface area (Å²) >= 11 is 0. The molecule has 0 radical (unpaired) electrons. The number of hydrogen-bond donors (Lipinski definition) is 1. The molecule has 30 heavy (non-hydrogen) atoms. The summed E-state index contributed by atoms with van der Waals surface area (Å²) in [6, 6.07) is 4.54. The van der Waals surface area contributed by atoms with Gasteiger partial charge in [-0.25, -0.2) is 8.42 Å². The highest BCUT2D eigenvalue weighted by molar-refractivity contribution is 7.89. The first kappa shape index (κ1) is 22.8. The molecule has 1 aromatic carbocycles. The zero-order valence-electron chi connectivity index (χ0n) is 17.6. The number of amides is 1. The van der Waals surface area contributed by atoms with Gasteiger partial charge in [-0.1, -0.05) is 0 Å². The Morgan fingerprint density at radius 3 is 2.60 bits per heavy atom. The fraction of sp³-hybridized carbons (Fsp3) is 0.650. The van der Waals surface area contributed by atoms with Gasteiger partial charge >= 0.3 is 0 Å². The zero-order valence-corrected chi connectivity index (χ0v) is 18.4. The molecule has 0 spiro atoms. The third-order valence-corrected chi connectivity index (χ3v) is 7.44. The number of morpholine rings is 1. The van der Waals surface area contributed by atoms with Crippen LogP contribution in [-0.2, 0) is 19.6 Å². The van der Waals surface area contributed by atoms with Crippen molar-refractivity contribution < 1.29 is 27.4 Å². The molecular formula is C20H31N3O6S. The van der Waals surface area contributed by atoms with Crippen molar-refractivity contribution in [2.45, 2.75) is 17.7 Å². The van der Waals surface area contributed by atoms with E-state index in [2.05, 4.69) is 10.2 Å². The second kappa shape index (κ2) is 10.4. The van der Waals surface area contributed by atoms with Gasteiger partial charge in [-0.05, 0) is 25.0 Å². The molecule has 2 aliphatic rings. The van der Waals surface area contributed by atoms with E-state index in [4.69, 9.17) is 14.2 Å². The topological polar surface area (TPSA) is 97.4 Å². The third-order valence-electron chi connectivity index (χ3n) is 5.58. The number of sulfonamides is 1. The van der Waals surface area contributed by atoms with E-state index >= 15 is 0 Å². The van der Waals surface area contributed by atoms with E-state index in [1.807, 2.05) is 0 Å². The van der Waals surface area contributed by atoms with Gasteiger partial charge in [-0.3, -0.25) is 9.69 Å². The number of nitrogens with one attached hydrogen (secondary N) is 1. The number of nitrogens with zero attached hydrogens (tertiary/aromatic N) is 2. The Morgan fingerprint density at radius 1 is 1.17 bits per heavy atom. The third kappa shape index (κ3) is 5.42. The van der Waals surface area contributed by atoms with Gasteiger partial charge in [-0.15, -0.1) is 0 Å². The lowest BCUT2D eigenvalue weighted by molar-refractivity contribution is -0.126. The Kier molecular flexibility index (Phi) is 7.93. The van der Waals surface area contributed by atoms with Crippen molar-refractivity contribution in [3.8, 4) is 11.5 Å². The number of carbonyl (C=O) groups excluding carboxylic acids is 1. The normalized spacial score (nSPS) is 21.2. The van der Waals surface area contributed by atoms with Crippen molar-refractivity contribution in [2.24, 2.45) is 5.92 Å². The van der Waals surface area contributed by atoms with Crippen molar-refractivity contribution in [3.63, 3.8) is 0 Å². The standard InChI is InChI=1S/C20H31N3O6S/c1-27-18-6-5-17(14-19(18)28-2)30(25,26)23-8-3-4-16(15-23)20(24)21-7-9-22-10-12-29-13-11-22/h5-6,14,16H,3-4,7-13,15H2,1-2H3,(H,21,24)/t16-/m0/s1. The summed E-state index contributed by atoms with van der Waals surface area (Å²) in [4.78, 5) is 15.0. The molecule has 1 aromatic rings. The highest BCUT2D eigenvalue weighted by Crippen LogP contribution is 2.32. The molecule has 2 fully saturated rings. The highest BCUT2D eigenvalue weighted by atomic mass is 32.2. The van der Waals surface area contributed by atoms with Gasteiger partial charge < -0.3 is 19.5 Å². The smallest absolute Gasteiger partial charge is 0.243 e. The lowest BCUT2D eigenvalue weighted by Gasteiger charge is -2.31. The number of piperidine rings is 1. The molecule has 1 atom stereocenters. The Labute approximate surface area is 178 Å². The lowest BCUT2D eigenvalue weighted by atomic mass is 9.99. The van der Waals surface area contributed by atoms with Crippen LogP contribution in [0.3, 0.4) is 0 Å². The van der Waals surface area contributed by atoms with Crippen LogP contribution in [0.5, 0.6) is 11.5 Å². The average Bonchev–Trinajstić information content (AvgIpc) is 2.79. The van der Waals surface area contributed by atoms with E-state index in [1.165, 1.54) is 30.7 Å². The number of ether oxygens (including phenoxy) is 3. The molecule has 0 bridgehead atoms. The van der Waals surface area contributed by atoms with E-state index in [9.17, 15) is 13.2 Å². The number of benzene rings is 1. The SMILES string of the molecule is COc1ccc(S(=O)(=O)N2CCC[C@H](C(=O)NCCN3CCOCC3)C2)cc1OC. The number of rotatable bonds is 8. The summed E-state index contributed by atoms with van der Waals surface area (Å²) in [7, 11) is -0.764. The maximum Gasteiger partial charge on any atom is 0.243 e. The van der Waals surface area contributed by atoms with Crippen molar-refractivity contribution in [1.82, 2.24) is 14.5 Å². The van der Waals surface area contributed by atoms with Crippen LogP contribution in [0, 0.1) is 5.92 Å². The molecule has 0 aliphatic carbocycles. The van der Waals surface area contributed by atoms with Gasteiger partial charge in [0.25, 0.3) is 0 Å². The van der Waals surface area contributed by atoms with Crippen molar-refractivity contribution in [3.05, 3.63) is 18.2 Å². The quantitative estimate of drug-likeness (QED) is 0.629. The largest absolute Gasteiger partial charge is 0.493 e. The molecule has 10 heteroatoms. The number of methoxy groups -OCH3 is 2. The van der Waals surface area contributed by atoms with Gasteiger partial charge in [0.15, 0.2) is 11.5 Å². The van der Waals surface area contributed by atoms with Crippen LogP contribution in [0.1, 0.15) is 12.8 Å². The number of hydrogen-bond acceptors (Lipinski definition) is 7. The predicted molar refractivity (Wildman–Crippen MR) is 111 cm³/mol. The maximum atomic E-state index is 13.1. The lowest BCUT2D eigenvalue weighted by Crippen LogP contribution is -2.47. The average molecular weight is 442 g/mol. The van der Waals surface area contributed by atoms with Gasteiger partial charge in [0.1, 0.15) is 0 Å². The molecule has 0 saturated carbocycles. The van der Waals surface area contributed by atoms with E-state index in [-0.39, 0.29) is 23.3 Å². The molecule has 1 amide bonds. The molecule has 0 unspecified atom stereocenters. The molecule has 9 nitrogen and oxygen atoms in total. The summed E-state index contributed by atoms with van der Waals surface area (Å²) in [6.45, 7) is 5.09. The predicted octanol–water partition coefficient (Wildman–Crippen LogP) is 0.553. The second-order valence-electron chi connectivity index (χ2n) is 7.46. The van der Waals surface area contributed by atoms with Crippen LogP contribution >= 0.6 is 0 Å². The first-order valence-corrected chi connectivity index (χ1v) is 11.7. The minimum Gasteiger partial charge on any atom is -0.493 e. The second-order valence-corrected chi connectivity index (χ2v) is 9.40. The summed E-state index contributed by atoms with van der Waals surface area (Å²) in [5.74, 6) is 0.384. The molecule has 3 rings (SSSR count). The molecule has 2 saturated heterocycles. The minimum atomic E-state index is -3.73. The number of carbonyl (C=O) groups is 1. The first-order valence-electron chi connectivity index (χ1n) is 10.3. The fourth-order valence-electron chi connectivity index (χ4n) is 3.81. The maximum absolute atomic E-state index is 13.1. The van der Waals surface area contributed by atoms with Gasteiger partial charge in [0.05, 0.1) is 38.2 Å². The first-order chi connectivity index (χ1) is 14.5. The minimum absolute atomic E-state index is 0.0875. The zero-order chi connectivity index (χ0) is 21.6. The Hall–Kier alpha value is -1.88.